The minimum Gasteiger partial charge on any atom is -0.309 e. The maximum Gasteiger partial charge on any atom is 0.163 e. The molecule has 0 unspecified atom stereocenters. The van der Waals surface area contributed by atoms with Crippen LogP contribution < -0.4 is 0 Å². The van der Waals surface area contributed by atoms with E-state index in [0.717, 1.165) is 10.6 Å². The topological polar surface area (TPSA) is 8.17 Å². The Balaban J connectivity index is 2.62. The molecule has 0 radical (unpaired) electrons. The van der Waals surface area contributed by atoms with E-state index in [1.54, 1.807) is 11.3 Å². The number of nitrogens with zero attached hydrogens (tertiary/aromatic N) is 2. The summed E-state index contributed by atoms with van der Waals surface area (Å²) in [5.74, 6) is 0. The highest BCUT2D eigenvalue weighted by Gasteiger charge is 2.03. The summed E-state index contributed by atoms with van der Waals surface area (Å²) in [6.45, 7) is 0.850. The Hall–Kier alpha value is -0.710. The lowest BCUT2D eigenvalue weighted by Crippen LogP contribution is -2.16. The molecular weight excluding hydrogens is 212 g/mol. The van der Waals surface area contributed by atoms with Crippen molar-refractivity contribution in [3.05, 3.63) is 28.2 Å². The van der Waals surface area contributed by atoms with E-state index < -0.39 is 0 Å². The molecule has 0 amide bonds. The summed E-state index contributed by atoms with van der Waals surface area (Å²) in [5, 5.41) is 0. The second-order valence-corrected chi connectivity index (χ2v) is 5.16. The third kappa shape index (κ3) is 1.73. The smallest absolute Gasteiger partial charge is 0.163 e. The number of rotatable bonds is 2. The van der Waals surface area contributed by atoms with Crippen molar-refractivity contribution >= 4 is 33.8 Å². The highest BCUT2D eigenvalue weighted by molar-refractivity contribution is 7.73. The number of aromatic nitrogens is 1. The van der Waals surface area contributed by atoms with Gasteiger partial charge in [-0.25, -0.2) is 0 Å². The molecule has 1 aromatic heterocycles. The van der Waals surface area contributed by atoms with E-state index in [4.69, 9.17) is 12.2 Å². The van der Waals surface area contributed by atoms with Gasteiger partial charge in [-0.3, -0.25) is 4.90 Å². The molecule has 0 N–H and O–H groups in total. The van der Waals surface area contributed by atoms with E-state index in [9.17, 15) is 0 Å². The van der Waals surface area contributed by atoms with E-state index in [1.165, 1.54) is 10.2 Å². The number of para-hydroxylation sites is 1. The third-order valence-corrected chi connectivity index (χ3v) is 3.43. The summed E-state index contributed by atoms with van der Waals surface area (Å²) in [6, 6.07) is 8.33. The third-order valence-electron chi connectivity index (χ3n) is 2.00. The molecule has 2 nitrogen and oxygen atoms in total. The fourth-order valence-electron chi connectivity index (χ4n) is 1.43. The fraction of sp³-hybridized carbons (Fsp3) is 0.300. The molecular formula is C10H12N2S2. The first kappa shape index (κ1) is 9.83. The lowest BCUT2D eigenvalue weighted by atomic mass is 10.3. The molecule has 0 aliphatic heterocycles. The lowest BCUT2D eigenvalue weighted by molar-refractivity contribution is 0.332. The number of benzene rings is 1. The first-order valence-electron chi connectivity index (χ1n) is 4.41. The van der Waals surface area contributed by atoms with Gasteiger partial charge in [-0.1, -0.05) is 12.1 Å². The molecule has 0 atom stereocenters. The van der Waals surface area contributed by atoms with Crippen molar-refractivity contribution in [3.8, 4) is 0 Å². The number of thiazole rings is 1. The molecule has 74 valence electrons. The molecule has 1 aromatic carbocycles. The van der Waals surface area contributed by atoms with Crippen LogP contribution in [0.1, 0.15) is 0 Å². The van der Waals surface area contributed by atoms with Crippen LogP contribution in [0, 0.1) is 3.95 Å². The van der Waals surface area contributed by atoms with Gasteiger partial charge < -0.3 is 4.57 Å². The van der Waals surface area contributed by atoms with Crippen LogP contribution in [0.2, 0.25) is 0 Å². The van der Waals surface area contributed by atoms with Crippen LogP contribution in [-0.2, 0) is 6.67 Å². The van der Waals surface area contributed by atoms with Crippen LogP contribution in [0.3, 0.4) is 0 Å². The van der Waals surface area contributed by atoms with Crippen molar-refractivity contribution in [2.24, 2.45) is 0 Å². The number of hydrogen-bond donors (Lipinski definition) is 0. The molecule has 0 saturated carbocycles. The van der Waals surface area contributed by atoms with Crippen molar-refractivity contribution in [3.63, 3.8) is 0 Å². The highest BCUT2D eigenvalue weighted by atomic mass is 32.1. The first-order valence-corrected chi connectivity index (χ1v) is 5.64. The van der Waals surface area contributed by atoms with Gasteiger partial charge in [-0.05, 0) is 38.4 Å². The minimum absolute atomic E-state index is 0.850. The quantitative estimate of drug-likeness (QED) is 0.725. The van der Waals surface area contributed by atoms with Gasteiger partial charge >= 0.3 is 0 Å². The monoisotopic (exact) mass is 224 g/mol. The summed E-state index contributed by atoms with van der Waals surface area (Å²) in [5.41, 5.74) is 1.23. The summed E-state index contributed by atoms with van der Waals surface area (Å²) in [4.78, 5) is 2.12. The van der Waals surface area contributed by atoms with Crippen LogP contribution in [0.15, 0.2) is 24.3 Å². The van der Waals surface area contributed by atoms with Crippen LogP contribution in [-0.4, -0.2) is 23.6 Å². The predicted molar refractivity (Wildman–Crippen MR) is 64.3 cm³/mol. The second kappa shape index (κ2) is 3.81. The molecule has 0 bridgehead atoms. The van der Waals surface area contributed by atoms with Gasteiger partial charge in [0, 0.05) is 0 Å². The standard InChI is InChI=1S/C10H12N2S2/c1-11(2)7-12-8-5-3-4-6-9(8)14-10(12)13/h3-6H,7H2,1-2H3. The van der Waals surface area contributed by atoms with Crippen LogP contribution in [0.25, 0.3) is 10.2 Å². The Morgan fingerprint density at radius 1 is 1.36 bits per heavy atom. The molecule has 2 aromatic rings. The molecule has 0 aliphatic carbocycles. The van der Waals surface area contributed by atoms with Gasteiger partial charge in [0.2, 0.25) is 0 Å². The minimum atomic E-state index is 0.850. The van der Waals surface area contributed by atoms with E-state index in [2.05, 4.69) is 27.7 Å². The molecule has 0 fully saturated rings. The Kier molecular flexibility index (Phi) is 2.67. The number of fused-ring (bicyclic) bond motifs is 1. The Morgan fingerprint density at radius 3 is 2.79 bits per heavy atom. The van der Waals surface area contributed by atoms with Gasteiger partial charge in [0.15, 0.2) is 3.95 Å². The van der Waals surface area contributed by atoms with Crippen LogP contribution in [0.4, 0.5) is 0 Å². The second-order valence-electron chi connectivity index (χ2n) is 3.48. The SMILES string of the molecule is CN(C)Cn1c(=S)sc2ccccc21. The fourth-order valence-corrected chi connectivity index (χ4v) is 2.74. The van der Waals surface area contributed by atoms with E-state index in [1.807, 2.05) is 20.2 Å². The average molecular weight is 224 g/mol. The summed E-state index contributed by atoms with van der Waals surface area (Å²) in [7, 11) is 4.10. The predicted octanol–water partition coefficient (Wildman–Crippen LogP) is 2.95. The van der Waals surface area contributed by atoms with Crippen LogP contribution in [0.5, 0.6) is 0 Å². The molecule has 14 heavy (non-hydrogen) atoms. The van der Waals surface area contributed by atoms with E-state index >= 15 is 0 Å². The van der Waals surface area contributed by atoms with Gasteiger partial charge in [-0.2, -0.15) is 0 Å². The maximum atomic E-state index is 5.33. The molecule has 2 rings (SSSR count). The van der Waals surface area contributed by atoms with Crippen molar-refractivity contribution in [1.29, 1.82) is 0 Å². The molecule has 1 heterocycles. The van der Waals surface area contributed by atoms with Gasteiger partial charge in [-0.15, -0.1) is 11.3 Å². The zero-order valence-electron chi connectivity index (χ0n) is 8.23. The summed E-state index contributed by atoms with van der Waals surface area (Å²) < 4.78 is 4.37. The van der Waals surface area contributed by atoms with Gasteiger partial charge in [0.25, 0.3) is 0 Å². The van der Waals surface area contributed by atoms with Gasteiger partial charge in [0.05, 0.1) is 16.9 Å². The first-order chi connectivity index (χ1) is 6.68. The van der Waals surface area contributed by atoms with Gasteiger partial charge in [0.1, 0.15) is 0 Å². The average Bonchev–Trinajstić information content (AvgIpc) is 2.43. The Labute approximate surface area is 92.4 Å². The van der Waals surface area contributed by atoms with Crippen molar-refractivity contribution in [1.82, 2.24) is 9.47 Å². The molecule has 0 saturated heterocycles. The summed E-state index contributed by atoms with van der Waals surface area (Å²) in [6.07, 6.45) is 0. The molecule has 0 aliphatic rings. The van der Waals surface area contributed by atoms with E-state index in [-0.39, 0.29) is 0 Å². The highest BCUT2D eigenvalue weighted by Crippen LogP contribution is 2.22. The zero-order valence-corrected chi connectivity index (χ0v) is 9.86. The maximum absolute atomic E-state index is 5.33. The van der Waals surface area contributed by atoms with Crippen molar-refractivity contribution in [2.45, 2.75) is 6.67 Å². The summed E-state index contributed by atoms with van der Waals surface area (Å²) >= 11 is 7.00. The largest absolute Gasteiger partial charge is 0.309 e. The Morgan fingerprint density at radius 2 is 2.07 bits per heavy atom. The zero-order chi connectivity index (χ0) is 10.1. The van der Waals surface area contributed by atoms with E-state index in [0.29, 0.717) is 0 Å². The van der Waals surface area contributed by atoms with Crippen molar-refractivity contribution < 1.29 is 0 Å². The Bertz CT molecular complexity index is 496. The van der Waals surface area contributed by atoms with Crippen LogP contribution >= 0.6 is 23.6 Å². The normalized spacial score (nSPS) is 11.4. The molecule has 0 spiro atoms. The number of hydrogen-bond acceptors (Lipinski definition) is 3. The molecule has 4 heteroatoms. The lowest BCUT2D eigenvalue weighted by Gasteiger charge is -2.11. The van der Waals surface area contributed by atoms with Crippen molar-refractivity contribution in [2.75, 3.05) is 14.1 Å².